The van der Waals surface area contributed by atoms with Crippen LogP contribution >= 0.6 is 0 Å². The third-order valence-electron chi connectivity index (χ3n) is 5.62. The van der Waals surface area contributed by atoms with Crippen molar-refractivity contribution >= 4 is 5.97 Å². The van der Waals surface area contributed by atoms with Gasteiger partial charge in [0.25, 0.3) is 0 Å². The molecule has 114 valence electrons. The molecule has 0 aromatic carbocycles. The molecule has 0 unspecified atom stereocenters. The van der Waals surface area contributed by atoms with Crippen LogP contribution in [0.5, 0.6) is 0 Å². The van der Waals surface area contributed by atoms with Gasteiger partial charge in [-0.05, 0) is 69.8 Å². The summed E-state index contributed by atoms with van der Waals surface area (Å²) in [5.74, 6) is 0.644. The van der Waals surface area contributed by atoms with E-state index >= 15 is 0 Å². The summed E-state index contributed by atoms with van der Waals surface area (Å²) >= 11 is 0. The maximum Gasteiger partial charge on any atom is 0.303 e. The van der Waals surface area contributed by atoms with Crippen molar-refractivity contribution in [3.05, 3.63) is 11.6 Å². The van der Waals surface area contributed by atoms with E-state index in [9.17, 15) is 9.90 Å². The highest BCUT2D eigenvalue weighted by molar-refractivity contribution is 5.66. The van der Waals surface area contributed by atoms with Crippen molar-refractivity contribution in [1.82, 2.24) is 0 Å². The maximum atomic E-state index is 11.1. The Bertz CT molecular complexity index is 418. The number of hydrogen-bond acceptors (Lipinski definition) is 3. The van der Waals surface area contributed by atoms with E-state index < -0.39 is 5.60 Å². The molecule has 2 aliphatic carbocycles. The lowest BCUT2D eigenvalue weighted by Gasteiger charge is -2.43. The Balaban J connectivity index is 2.19. The number of hydrogen-bond donors (Lipinski definition) is 1. The molecule has 0 aromatic heterocycles. The van der Waals surface area contributed by atoms with E-state index in [4.69, 9.17) is 4.74 Å². The monoisotopic (exact) mass is 280 g/mol. The van der Waals surface area contributed by atoms with Crippen molar-refractivity contribution in [2.45, 2.75) is 72.0 Å². The van der Waals surface area contributed by atoms with Crippen LogP contribution in [0, 0.1) is 17.3 Å². The molecule has 0 bridgehead atoms. The van der Waals surface area contributed by atoms with Gasteiger partial charge in [-0.15, -0.1) is 0 Å². The van der Waals surface area contributed by atoms with Crippen LogP contribution in [0.15, 0.2) is 11.6 Å². The average molecular weight is 280 g/mol. The van der Waals surface area contributed by atoms with Gasteiger partial charge in [0.15, 0.2) is 0 Å². The van der Waals surface area contributed by atoms with Crippen molar-refractivity contribution in [1.29, 1.82) is 0 Å². The topological polar surface area (TPSA) is 46.5 Å². The summed E-state index contributed by atoms with van der Waals surface area (Å²) in [5.41, 5.74) is 0.937. The van der Waals surface area contributed by atoms with E-state index in [2.05, 4.69) is 19.9 Å². The first-order valence-electron chi connectivity index (χ1n) is 7.73. The highest BCUT2D eigenvalue weighted by atomic mass is 16.5. The Morgan fingerprint density at radius 3 is 2.60 bits per heavy atom. The van der Waals surface area contributed by atoms with Crippen molar-refractivity contribution in [3.63, 3.8) is 0 Å². The minimum Gasteiger partial charge on any atom is -0.458 e. The molecule has 0 heterocycles. The summed E-state index contributed by atoms with van der Waals surface area (Å²) in [6.07, 6.45) is 6.22. The van der Waals surface area contributed by atoms with Gasteiger partial charge in [-0.1, -0.05) is 12.5 Å². The second-order valence-corrected chi connectivity index (χ2v) is 7.38. The van der Waals surface area contributed by atoms with Gasteiger partial charge < -0.3 is 9.84 Å². The van der Waals surface area contributed by atoms with E-state index in [-0.39, 0.29) is 17.5 Å². The summed E-state index contributed by atoms with van der Waals surface area (Å²) < 4.78 is 5.36. The van der Waals surface area contributed by atoms with Crippen molar-refractivity contribution in [2.75, 3.05) is 0 Å². The molecule has 3 nitrogen and oxygen atoms in total. The van der Waals surface area contributed by atoms with Gasteiger partial charge in [0.2, 0.25) is 0 Å². The number of ether oxygens (including phenoxy) is 1. The molecule has 1 spiro atoms. The summed E-state index contributed by atoms with van der Waals surface area (Å²) in [7, 11) is 0. The Hall–Kier alpha value is -0.830. The van der Waals surface area contributed by atoms with Gasteiger partial charge in [0.05, 0.1) is 5.60 Å². The van der Waals surface area contributed by atoms with Crippen molar-refractivity contribution in [2.24, 2.45) is 17.3 Å². The summed E-state index contributed by atoms with van der Waals surface area (Å²) in [6, 6.07) is 0. The van der Waals surface area contributed by atoms with Crippen molar-refractivity contribution in [3.8, 4) is 0 Å². The number of aliphatic hydroxyl groups is 1. The fourth-order valence-electron chi connectivity index (χ4n) is 4.26. The fourth-order valence-corrected chi connectivity index (χ4v) is 4.26. The lowest BCUT2D eigenvalue weighted by molar-refractivity contribution is -0.145. The fraction of sp³-hybridized carbons (Fsp3) is 0.824. The molecule has 1 saturated carbocycles. The van der Waals surface area contributed by atoms with E-state index in [1.165, 1.54) is 12.5 Å². The molecule has 0 amide bonds. The van der Waals surface area contributed by atoms with E-state index in [1.807, 2.05) is 13.8 Å². The van der Waals surface area contributed by atoms with Crippen LogP contribution in [-0.2, 0) is 9.53 Å². The molecule has 2 rings (SSSR count). The van der Waals surface area contributed by atoms with Gasteiger partial charge in [0.1, 0.15) is 6.10 Å². The second kappa shape index (κ2) is 5.18. The Kier molecular flexibility index (Phi) is 4.03. The first-order chi connectivity index (χ1) is 9.15. The Morgan fingerprint density at radius 1 is 1.50 bits per heavy atom. The molecular weight excluding hydrogens is 252 g/mol. The number of esters is 1. The highest BCUT2D eigenvalue weighted by Gasteiger charge is 2.50. The molecule has 0 radical (unpaired) electrons. The normalized spacial score (nSPS) is 37.9. The molecular formula is C17H28O3. The first-order valence-corrected chi connectivity index (χ1v) is 7.73. The first kappa shape index (κ1) is 15.6. The minimum absolute atomic E-state index is 0.0747. The number of rotatable bonds is 2. The largest absolute Gasteiger partial charge is 0.458 e. The zero-order valence-electron chi connectivity index (χ0n) is 13.4. The summed E-state index contributed by atoms with van der Waals surface area (Å²) in [6.45, 7) is 9.74. The van der Waals surface area contributed by atoms with Crippen LogP contribution in [-0.4, -0.2) is 22.8 Å². The van der Waals surface area contributed by atoms with Gasteiger partial charge in [-0.3, -0.25) is 4.79 Å². The standard InChI is InChI=1S/C17H28O3/c1-11-8-15(20-13(3)18)9-12(2)17(11)7-6-14(10-17)16(4,5)19/h8,12,14-15,19H,6-7,9-10H2,1-5H3/t12-,14+,15+,17+/m0/s1. The van der Waals surface area contributed by atoms with Crippen molar-refractivity contribution < 1.29 is 14.6 Å². The Labute approximate surface area is 122 Å². The van der Waals surface area contributed by atoms with E-state index in [0.717, 1.165) is 25.7 Å². The summed E-state index contributed by atoms with van der Waals surface area (Å²) in [5, 5.41) is 10.3. The number of carbonyl (C=O) groups is 1. The van der Waals surface area contributed by atoms with E-state index in [0.29, 0.717) is 11.8 Å². The van der Waals surface area contributed by atoms with Gasteiger partial charge >= 0.3 is 5.97 Å². The third-order valence-corrected chi connectivity index (χ3v) is 5.62. The predicted octanol–water partition coefficient (Wildman–Crippen LogP) is 3.46. The zero-order valence-corrected chi connectivity index (χ0v) is 13.4. The summed E-state index contributed by atoms with van der Waals surface area (Å²) in [4.78, 5) is 11.1. The molecule has 0 saturated heterocycles. The van der Waals surface area contributed by atoms with Gasteiger partial charge in [-0.25, -0.2) is 0 Å². The molecule has 1 N–H and O–H groups in total. The second-order valence-electron chi connectivity index (χ2n) is 7.38. The third kappa shape index (κ3) is 2.78. The highest BCUT2D eigenvalue weighted by Crippen LogP contribution is 2.57. The van der Waals surface area contributed by atoms with Crippen LogP contribution in [0.2, 0.25) is 0 Å². The molecule has 1 fully saturated rings. The molecule has 2 aliphatic rings. The smallest absolute Gasteiger partial charge is 0.303 e. The molecule has 20 heavy (non-hydrogen) atoms. The van der Waals surface area contributed by atoms with Crippen LogP contribution in [0.4, 0.5) is 0 Å². The van der Waals surface area contributed by atoms with Crippen LogP contribution in [0.1, 0.15) is 60.3 Å². The molecule has 0 aromatic rings. The average Bonchev–Trinajstić information content (AvgIpc) is 2.71. The number of allylic oxidation sites excluding steroid dienone is 1. The molecule has 4 atom stereocenters. The van der Waals surface area contributed by atoms with Crippen LogP contribution < -0.4 is 0 Å². The van der Waals surface area contributed by atoms with Crippen LogP contribution in [0.3, 0.4) is 0 Å². The SMILES string of the molecule is CC(=O)O[C@@H]1C=C(C)[C@]2(CC[C@@H](C(C)(C)O)C2)[C@@H](C)C1. The lowest BCUT2D eigenvalue weighted by Crippen LogP contribution is -2.37. The van der Waals surface area contributed by atoms with Gasteiger partial charge in [-0.2, -0.15) is 0 Å². The van der Waals surface area contributed by atoms with E-state index in [1.54, 1.807) is 0 Å². The van der Waals surface area contributed by atoms with Gasteiger partial charge in [0, 0.05) is 6.92 Å². The molecule has 0 aliphatic heterocycles. The Morgan fingerprint density at radius 2 is 2.15 bits per heavy atom. The molecule has 3 heteroatoms. The predicted molar refractivity (Wildman–Crippen MR) is 79.2 cm³/mol. The quantitative estimate of drug-likeness (QED) is 0.622. The van der Waals surface area contributed by atoms with Crippen LogP contribution in [0.25, 0.3) is 0 Å². The zero-order chi connectivity index (χ0) is 15.1. The number of carbonyl (C=O) groups excluding carboxylic acids is 1. The maximum absolute atomic E-state index is 11.1. The minimum atomic E-state index is -0.601. The lowest BCUT2D eigenvalue weighted by atomic mass is 9.63.